The van der Waals surface area contributed by atoms with E-state index in [2.05, 4.69) is 10.6 Å². The zero-order valence-corrected chi connectivity index (χ0v) is 11.8. The number of nitrogens with one attached hydrogen (secondary N) is 2. The number of carbonyl (C=O) groups excluding carboxylic acids is 2. The van der Waals surface area contributed by atoms with Crippen molar-refractivity contribution in [3.8, 4) is 0 Å². The van der Waals surface area contributed by atoms with E-state index in [1.54, 1.807) is 0 Å². The van der Waals surface area contributed by atoms with Gasteiger partial charge in [0.25, 0.3) is 0 Å². The normalized spacial score (nSPS) is 17.2. The number of amides is 2. The van der Waals surface area contributed by atoms with E-state index in [4.69, 9.17) is 5.11 Å². The third-order valence-electron chi connectivity index (χ3n) is 3.50. The van der Waals surface area contributed by atoms with Crippen LogP contribution in [0.2, 0.25) is 0 Å². The Labute approximate surface area is 115 Å². The number of hydrogen-bond acceptors (Lipinski definition) is 3. The van der Waals surface area contributed by atoms with Gasteiger partial charge >= 0.3 is 0 Å². The predicted octanol–water partition coefficient (Wildman–Crippen LogP) is 1.10. The van der Waals surface area contributed by atoms with Crippen LogP contribution in [0.4, 0.5) is 0 Å². The molecule has 0 saturated heterocycles. The monoisotopic (exact) mass is 270 g/mol. The first-order valence-corrected chi connectivity index (χ1v) is 7.31. The Bertz CT molecular complexity index is 288. The van der Waals surface area contributed by atoms with Gasteiger partial charge in [0.15, 0.2) is 0 Å². The van der Waals surface area contributed by atoms with E-state index in [-0.39, 0.29) is 37.3 Å². The lowest BCUT2D eigenvalue weighted by Gasteiger charge is -2.14. The first-order chi connectivity index (χ1) is 9.11. The van der Waals surface area contributed by atoms with E-state index in [0.717, 1.165) is 19.3 Å². The summed E-state index contributed by atoms with van der Waals surface area (Å²) in [6.45, 7) is 2.05. The zero-order chi connectivity index (χ0) is 14.1. The van der Waals surface area contributed by atoms with E-state index in [1.807, 2.05) is 6.92 Å². The molecule has 1 aliphatic rings. The van der Waals surface area contributed by atoms with Crippen molar-refractivity contribution < 1.29 is 14.7 Å². The van der Waals surface area contributed by atoms with Crippen molar-refractivity contribution >= 4 is 11.8 Å². The van der Waals surface area contributed by atoms with Gasteiger partial charge in [-0.15, -0.1) is 0 Å². The Kier molecular flexibility index (Phi) is 7.48. The molecule has 1 atom stereocenters. The van der Waals surface area contributed by atoms with Crippen LogP contribution in [0.25, 0.3) is 0 Å². The van der Waals surface area contributed by atoms with Crippen LogP contribution in [-0.2, 0) is 9.59 Å². The van der Waals surface area contributed by atoms with Crippen molar-refractivity contribution in [3.63, 3.8) is 0 Å². The molecule has 0 radical (unpaired) electrons. The largest absolute Gasteiger partial charge is 0.396 e. The fraction of sp³-hybridized carbons (Fsp3) is 0.857. The van der Waals surface area contributed by atoms with E-state index in [9.17, 15) is 9.59 Å². The molecular formula is C14H26N2O3. The van der Waals surface area contributed by atoms with Crippen LogP contribution in [0.3, 0.4) is 0 Å². The quantitative estimate of drug-likeness (QED) is 0.618. The molecule has 1 unspecified atom stereocenters. The first-order valence-electron chi connectivity index (χ1n) is 7.31. The summed E-state index contributed by atoms with van der Waals surface area (Å²) in [4.78, 5) is 23.2. The van der Waals surface area contributed by atoms with Crippen LogP contribution < -0.4 is 10.6 Å². The molecule has 0 aromatic rings. The number of aliphatic hydroxyl groups is 1. The van der Waals surface area contributed by atoms with Crippen LogP contribution >= 0.6 is 0 Å². The lowest BCUT2D eigenvalue weighted by Crippen LogP contribution is -2.36. The second kappa shape index (κ2) is 8.91. The van der Waals surface area contributed by atoms with Crippen LogP contribution in [-0.4, -0.2) is 35.6 Å². The summed E-state index contributed by atoms with van der Waals surface area (Å²) >= 11 is 0. The molecule has 2 amide bonds. The molecule has 0 heterocycles. The van der Waals surface area contributed by atoms with Gasteiger partial charge < -0.3 is 15.7 Å². The third kappa shape index (κ3) is 7.15. The van der Waals surface area contributed by atoms with Crippen LogP contribution in [0.15, 0.2) is 0 Å². The molecule has 5 nitrogen and oxygen atoms in total. The highest BCUT2D eigenvalue weighted by Crippen LogP contribution is 2.17. The molecule has 0 aliphatic heterocycles. The summed E-state index contributed by atoms with van der Waals surface area (Å²) in [5.74, 6) is -0.114. The lowest BCUT2D eigenvalue weighted by atomic mass is 10.1. The molecule has 0 aromatic heterocycles. The highest BCUT2D eigenvalue weighted by atomic mass is 16.3. The van der Waals surface area contributed by atoms with Gasteiger partial charge in [-0.1, -0.05) is 12.8 Å². The molecule has 0 spiro atoms. The smallest absolute Gasteiger partial charge is 0.220 e. The summed E-state index contributed by atoms with van der Waals surface area (Å²) in [5, 5.41) is 14.5. The Hall–Kier alpha value is -1.10. The number of carbonyl (C=O) groups is 2. The van der Waals surface area contributed by atoms with Crippen LogP contribution in [0.1, 0.15) is 58.3 Å². The molecule has 110 valence electrons. The van der Waals surface area contributed by atoms with Gasteiger partial charge in [-0.3, -0.25) is 9.59 Å². The molecule has 3 N–H and O–H groups in total. The molecule has 0 bridgehead atoms. The van der Waals surface area contributed by atoms with Gasteiger partial charge in [-0.2, -0.15) is 0 Å². The van der Waals surface area contributed by atoms with Crippen LogP contribution in [0.5, 0.6) is 0 Å². The maximum atomic E-state index is 11.6. The zero-order valence-electron chi connectivity index (χ0n) is 11.8. The van der Waals surface area contributed by atoms with E-state index >= 15 is 0 Å². The van der Waals surface area contributed by atoms with Crippen molar-refractivity contribution in [1.29, 1.82) is 0 Å². The molecule has 19 heavy (non-hydrogen) atoms. The average Bonchev–Trinajstić information content (AvgIpc) is 2.86. The summed E-state index contributed by atoms with van der Waals surface area (Å²) in [6.07, 6.45) is 6.45. The fourth-order valence-corrected chi connectivity index (χ4v) is 2.41. The Morgan fingerprint density at radius 1 is 1.21 bits per heavy atom. The Balaban J connectivity index is 2.09. The summed E-state index contributed by atoms with van der Waals surface area (Å²) in [6, 6.07) is 0.372. The molecular weight excluding hydrogens is 244 g/mol. The second-order valence-electron chi connectivity index (χ2n) is 5.38. The maximum absolute atomic E-state index is 11.6. The SMILES string of the molecule is CC(CCCO)NC(=O)CCC(=O)NC1CCCC1. The van der Waals surface area contributed by atoms with E-state index < -0.39 is 0 Å². The minimum absolute atomic E-state index is 0.0231. The van der Waals surface area contributed by atoms with Gasteiger partial charge in [-0.05, 0) is 32.6 Å². The van der Waals surface area contributed by atoms with E-state index in [0.29, 0.717) is 12.5 Å². The lowest BCUT2D eigenvalue weighted by molar-refractivity contribution is -0.127. The number of rotatable bonds is 8. The third-order valence-corrected chi connectivity index (χ3v) is 3.50. The Morgan fingerprint density at radius 2 is 1.84 bits per heavy atom. The van der Waals surface area contributed by atoms with Gasteiger partial charge in [-0.25, -0.2) is 0 Å². The molecule has 1 saturated carbocycles. The van der Waals surface area contributed by atoms with Gasteiger partial charge in [0.05, 0.1) is 0 Å². The fourth-order valence-electron chi connectivity index (χ4n) is 2.41. The summed E-state index contributed by atoms with van der Waals surface area (Å²) < 4.78 is 0. The van der Waals surface area contributed by atoms with Gasteiger partial charge in [0.2, 0.25) is 11.8 Å². The molecule has 5 heteroatoms. The number of hydrogen-bond donors (Lipinski definition) is 3. The minimum Gasteiger partial charge on any atom is -0.396 e. The number of aliphatic hydroxyl groups excluding tert-OH is 1. The van der Waals surface area contributed by atoms with Crippen molar-refractivity contribution in [3.05, 3.63) is 0 Å². The van der Waals surface area contributed by atoms with Crippen molar-refractivity contribution in [2.75, 3.05) is 6.61 Å². The second-order valence-corrected chi connectivity index (χ2v) is 5.38. The average molecular weight is 270 g/mol. The molecule has 0 aromatic carbocycles. The van der Waals surface area contributed by atoms with Crippen molar-refractivity contribution in [1.82, 2.24) is 10.6 Å². The van der Waals surface area contributed by atoms with Gasteiger partial charge in [0.1, 0.15) is 0 Å². The summed E-state index contributed by atoms with van der Waals surface area (Å²) in [5.41, 5.74) is 0. The van der Waals surface area contributed by atoms with Crippen LogP contribution in [0, 0.1) is 0 Å². The van der Waals surface area contributed by atoms with Crippen molar-refractivity contribution in [2.24, 2.45) is 0 Å². The van der Waals surface area contributed by atoms with Gasteiger partial charge in [0, 0.05) is 31.5 Å². The highest BCUT2D eigenvalue weighted by Gasteiger charge is 2.17. The maximum Gasteiger partial charge on any atom is 0.220 e. The highest BCUT2D eigenvalue weighted by molar-refractivity contribution is 5.83. The van der Waals surface area contributed by atoms with E-state index in [1.165, 1.54) is 12.8 Å². The topological polar surface area (TPSA) is 78.4 Å². The first kappa shape index (κ1) is 16.0. The summed E-state index contributed by atoms with van der Waals surface area (Å²) in [7, 11) is 0. The van der Waals surface area contributed by atoms with Crippen molar-refractivity contribution in [2.45, 2.75) is 70.4 Å². The minimum atomic E-state index is -0.0907. The standard InChI is InChI=1S/C14H26N2O3/c1-11(5-4-10-17)15-13(18)8-9-14(19)16-12-6-2-3-7-12/h11-12,17H,2-10H2,1H3,(H,15,18)(H,16,19). The molecule has 1 fully saturated rings. The molecule has 1 aliphatic carbocycles. The molecule has 1 rings (SSSR count). The predicted molar refractivity (Wildman–Crippen MR) is 73.6 cm³/mol. The Morgan fingerprint density at radius 3 is 2.47 bits per heavy atom.